The minimum Gasteiger partial charge on any atom is -0.342 e. The van der Waals surface area contributed by atoms with Crippen molar-refractivity contribution in [3.63, 3.8) is 0 Å². The van der Waals surface area contributed by atoms with Gasteiger partial charge in [0.05, 0.1) is 17.1 Å². The van der Waals surface area contributed by atoms with Crippen molar-refractivity contribution in [2.75, 3.05) is 0 Å². The molecule has 5 nitrogen and oxygen atoms in total. The summed E-state index contributed by atoms with van der Waals surface area (Å²) < 4.78 is 2.05. The Morgan fingerprint density at radius 1 is 1.00 bits per heavy atom. The van der Waals surface area contributed by atoms with E-state index in [1.165, 1.54) is 0 Å². The van der Waals surface area contributed by atoms with Gasteiger partial charge in [0.2, 0.25) is 0 Å². The molecule has 0 aliphatic rings. The Morgan fingerprint density at radius 3 is 2.44 bits per heavy atom. The van der Waals surface area contributed by atoms with Crippen LogP contribution in [0.2, 0.25) is 0 Å². The highest BCUT2D eigenvalue weighted by molar-refractivity contribution is 5.94. The van der Waals surface area contributed by atoms with Gasteiger partial charge in [-0.05, 0) is 36.2 Å². The van der Waals surface area contributed by atoms with E-state index in [-0.39, 0.29) is 11.9 Å². The molecule has 0 fully saturated rings. The molecule has 134 valence electrons. The highest BCUT2D eigenvalue weighted by Gasteiger charge is 2.22. The van der Waals surface area contributed by atoms with Gasteiger partial charge in [0, 0.05) is 25.0 Å². The van der Waals surface area contributed by atoms with Gasteiger partial charge in [-0.15, -0.1) is 0 Å². The van der Waals surface area contributed by atoms with Crippen LogP contribution in [0.25, 0.3) is 11.0 Å². The second kappa shape index (κ2) is 7.41. The minimum absolute atomic E-state index is 0.134. The van der Waals surface area contributed by atoms with Crippen molar-refractivity contribution in [2.45, 2.75) is 12.5 Å². The molecule has 0 saturated carbocycles. The van der Waals surface area contributed by atoms with E-state index >= 15 is 0 Å². The van der Waals surface area contributed by atoms with E-state index in [4.69, 9.17) is 4.98 Å². The Labute approximate surface area is 157 Å². The zero-order chi connectivity index (χ0) is 18.6. The summed E-state index contributed by atoms with van der Waals surface area (Å²) in [7, 11) is 1.99. The maximum absolute atomic E-state index is 12.8. The number of carbonyl (C=O) groups excluding carboxylic acids is 1. The van der Waals surface area contributed by atoms with Gasteiger partial charge in [-0.1, -0.05) is 42.5 Å². The van der Waals surface area contributed by atoms with E-state index in [2.05, 4.69) is 27.0 Å². The first-order chi connectivity index (χ1) is 13.2. The smallest absolute Gasteiger partial charge is 0.251 e. The summed E-state index contributed by atoms with van der Waals surface area (Å²) in [6.07, 6.45) is 3.90. The van der Waals surface area contributed by atoms with Crippen LogP contribution in [0.1, 0.15) is 27.8 Å². The zero-order valence-electron chi connectivity index (χ0n) is 15.0. The molecule has 0 spiro atoms. The van der Waals surface area contributed by atoms with Crippen LogP contribution in [0, 0.1) is 0 Å². The number of hydrogen-bond acceptors (Lipinski definition) is 3. The van der Waals surface area contributed by atoms with Gasteiger partial charge in [-0.3, -0.25) is 9.78 Å². The van der Waals surface area contributed by atoms with Crippen LogP contribution in [0.15, 0.2) is 79.1 Å². The third-order valence-electron chi connectivity index (χ3n) is 4.66. The Bertz CT molecular complexity index is 1060. The number of carbonyl (C=O) groups is 1. The number of nitrogens with one attached hydrogen (secondary N) is 1. The van der Waals surface area contributed by atoms with E-state index in [0.717, 1.165) is 22.4 Å². The normalized spacial score (nSPS) is 12.0. The van der Waals surface area contributed by atoms with Crippen LogP contribution in [-0.2, 0) is 13.5 Å². The summed E-state index contributed by atoms with van der Waals surface area (Å²) in [5.74, 6) is 0.702. The zero-order valence-corrected chi connectivity index (χ0v) is 15.0. The Hall–Kier alpha value is -3.47. The van der Waals surface area contributed by atoms with Crippen molar-refractivity contribution in [3.05, 3.63) is 96.1 Å². The predicted octanol–water partition coefficient (Wildman–Crippen LogP) is 3.68. The van der Waals surface area contributed by atoms with Gasteiger partial charge in [0.1, 0.15) is 5.82 Å². The number of rotatable bonds is 5. The molecule has 0 unspecified atom stereocenters. The van der Waals surface area contributed by atoms with E-state index in [1.807, 2.05) is 49.5 Å². The highest BCUT2D eigenvalue weighted by atomic mass is 16.1. The topological polar surface area (TPSA) is 59.8 Å². The van der Waals surface area contributed by atoms with Crippen LogP contribution in [0.4, 0.5) is 0 Å². The third kappa shape index (κ3) is 3.58. The summed E-state index contributed by atoms with van der Waals surface area (Å²) in [4.78, 5) is 21.5. The number of nitrogens with zero attached hydrogens (tertiary/aromatic N) is 3. The average Bonchev–Trinajstić information content (AvgIpc) is 3.06. The Balaban J connectivity index is 1.71. The van der Waals surface area contributed by atoms with Crippen molar-refractivity contribution in [2.24, 2.45) is 7.05 Å². The number of fused-ring (bicyclic) bond motifs is 1. The van der Waals surface area contributed by atoms with Crippen LogP contribution in [0.5, 0.6) is 0 Å². The van der Waals surface area contributed by atoms with E-state index in [9.17, 15) is 4.79 Å². The molecule has 2 heterocycles. The van der Waals surface area contributed by atoms with Gasteiger partial charge >= 0.3 is 0 Å². The monoisotopic (exact) mass is 356 g/mol. The van der Waals surface area contributed by atoms with Gasteiger partial charge in [-0.2, -0.15) is 0 Å². The molecule has 2 aromatic carbocycles. The SMILES string of the molecule is Cn1c([C@@H](Cc2ccccc2)NC(=O)c2ccncc2)nc2ccccc21. The number of pyridine rings is 1. The fourth-order valence-corrected chi connectivity index (χ4v) is 3.28. The maximum atomic E-state index is 12.8. The molecular formula is C22H20N4O. The predicted molar refractivity (Wildman–Crippen MR) is 105 cm³/mol. The fraction of sp³-hybridized carbons (Fsp3) is 0.136. The van der Waals surface area contributed by atoms with Crippen molar-refractivity contribution in [1.29, 1.82) is 0 Å². The van der Waals surface area contributed by atoms with E-state index in [0.29, 0.717) is 12.0 Å². The molecule has 1 atom stereocenters. The second-order valence-electron chi connectivity index (χ2n) is 6.47. The molecule has 4 rings (SSSR count). The summed E-state index contributed by atoms with van der Waals surface area (Å²) in [6, 6.07) is 21.3. The molecule has 5 heteroatoms. The molecule has 1 amide bonds. The molecule has 0 aliphatic heterocycles. The summed E-state index contributed by atoms with van der Waals surface area (Å²) in [5.41, 5.74) is 3.70. The summed E-state index contributed by atoms with van der Waals surface area (Å²) in [6.45, 7) is 0. The molecule has 0 saturated heterocycles. The van der Waals surface area contributed by atoms with E-state index in [1.54, 1.807) is 24.5 Å². The number of benzene rings is 2. The lowest BCUT2D eigenvalue weighted by molar-refractivity contribution is 0.0934. The van der Waals surface area contributed by atoms with Gasteiger partial charge in [-0.25, -0.2) is 4.98 Å². The number of aryl methyl sites for hydroxylation is 1. The third-order valence-corrected chi connectivity index (χ3v) is 4.66. The van der Waals surface area contributed by atoms with Crippen LogP contribution >= 0.6 is 0 Å². The largest absolute Gasteiger partial charge is 0.342 e. The Kier molecular flexibility index (Phi) is 4.66. The Morgan fingerprint density at radius 2 is 1.70 bits per heavy atom. The number of para-hydroxylation sites is 2. The van der Waals surface area contributed by atoms with Crippen LogP contribution in [0.3, 0.4) is 0 Å². The van der Waals surface area contributed by atoms with Crippen LogP contribution in [-0.4, -0.2) is 20.4 Å². The first kappa shape index (κ1) is 17.0. The van der Waals surface area contributed by atoms with Crippen molar-refractivity contribution in [3.8, 4) is 0 Å². The van der Waals surface area contributed by atoms with Gasteiger partial charge < -0.3 is 9.88 Å². The molecule has 4 aromatic rings. The quantitative estimate of drug-likeness (QED) is 0.593. The number of hydrogen-bond donors (Lipinski definition) is 1. The molecule has 0 aliphatic carbocycles. The summed E-state index contributed by atoms with van der Waals surface area (Å²) >= 11 is 0. The first-order valence-electron chi connectivity index (χ1n) is 8.88. The number of imidazole rings is 1. The standard InChI is InChI=1S/C22H20N4O/c1-26-20-10-6-5-9-18(20)24-21(26)19(15-16-7-3-2-4-8-16)25-22(27)17-11-13-23-14-12-17/h2-14,19H,15H2,1H3,(H,25,27)/t19-/m1/s1. The fourth-order valence-electron chi connectivity index (χ4n) is 3.28. The lowest BCUT2D eigenvalue weighted by atomic mass is 10.0. The van der Waals surface area contributed by atoms with Crippen LogP contribution < -0.4 is 5.32 Å². The second-order valence-corrected chi connectivity index (χ2v) is 6.47. The number of amides is 1. The molecular weight excluding hydrogens is 336 g/mol. The van der Waals surface area contributed by atoms with Gasteiger partial charge in [0.25, 0.3) is 5.91 Å². The van der Waals surface area contributed by atoms with Crippen molar-refractivity contribution >= 4 is 16.9 Å². The van der Waals surface area contributed by atoms with Crippen molar-refractivity contribution < 1.29 is 4.79 Å². The lowest BCUT2D eigenvalue weighted by Gasteiger charge is -2.19. The molecule has 1 N–H and O–H groups in total. The molecule has 27 heavy (non-hydrogen) atoms. The minimum atomic E-state index is -0.245. The van der Waals surface area contributed by atoms with E-state index < -0.39 is 0 Å². The molecule has 0 radical (unpaired) electrons. The number of aromatic nitrogens is 3. The highest BCUT2D eigenvalue weighted by Crippen LogP contribution is 2.23. The van der Waals surface area contributed by atoms with Crippen molar-refractivity contribution in [1.82, 2.24) is 19.9 Å². The molecule has 0 bridgehead atoms. The summed E-state index contributed by atoms with van der Waals surface area (Å²) in [5, 5.41) is 3.15. The van der Waals surface area contributed by atoms with Gasteiger partial charge in [0.15, 0.2) is 0 Å². The maximum Gasteiger partial charge on any atom is 0.251 e. The molecule has 2 aromatic heterocycles. The first-order valence-corrected chi connectivity index (χ1v) is 8.88. The average molecular weight is 356 g/mol. The lowest BCUT2D eigenvalue weighted by Crippen LogP contribution is -2.31.